The van der Waals surface area contributed by atoms with Crippen LogP contribution in [-0.2, 0) is 0 Å². The Morgan fingerprint density at radius 3 is 2.89 bits per heavy atom. The van der Waals surface area contributed by atoms with Crippen LogP contribution in [0.4, 0.5) is 15.9 Å². The summed E-state index contributed by atoms with van der Waals surface area (Å²) < 4.78 is 14.1. The summed E-state index contributed by atoms with van der Waals surface area (Å²) >= 11 is 3.18. The Morgan fingerprint density at radius 1 is 1.56 bits per heavy atom. The summed E-state index contributed by atoms with van der Waals surface area (Å²) in [6.45, 7) is 1.72. The zero-order valence-electron chi connectivity index (χ0n) is 9.42. The highest BCUT2D eigenvalue weighted by atomic mass is 79.9. The van der Waals surface area contributed by atoms with Gasteiger partial charge in [0.1, 0.15) is 5.82 Å². The number of carbonyl (C=O) groups is 1. The Kier molecular flexibility index (Phi) is 3.33. The van der Waals surface area contributed by atoms with Crippen LogP contribution in [0.15, 0.2) is 22.7 Å². The van der Waals surface area contributed by atoms with E-state index in [2.05, 4.69) is 31.4 Å². The molecule has 7 heteroatoms. The predicted molar refractivity (Wildman–Crippen MR) is 69.8 cm³/mol. The van der Waals surface area contributed by atoms with Gasteiger partial charge in [-0.2, -0.15) is 5.10 Å². The van der Waals surface area contributed by atoms with Crippen molar-refractivity contribution in [2.24, 2.45) is 0 Å². The first-order chi connectivity index (χ1) is 8.49. The molecule has 0 radical (unpaired) electrons. The number of aromatic amines is 1. The van der Waals surface area contributed by atoms with E-state index in [1.54, 1.807) is 6.92 Å². The Bertz CT molecular complexity index is 611. The number of carbonyl (C=O) groups excluding carboxylic acids is 1. The Morgan fingerprint density at radius 2 is 2.28 bits per heavy atom. The van der Waals surface area contributed by atoms with Gasteiger partial charge in [-0.25, -0.2) is 4.39 Å². The number of benzene rings is 1. The second-order valence-corrected chi connectivity index (χ2v) is 4.60. The maximum Gasteiger partial charge on any atom is 0.259 e. The third-order valence-electron chi connectivity index (χ3n) is 2.40. The van der Waals surface area contributed by atoms with Crippen molar-refractivity contribution in [3.8, 4) is 0 Å². The molecule has 1 amide bonds. The van der Waals surface area contributed by atoms with Gasteiger partial charge in [-0.1, -0.05) is 15.9 Å². The number of H-pyrrole nitrogens is 1. The third kappa shape index (κ3) is 2.35. The SMILES string of the molecule is Cc1[nH]nc(NC(=O)c2cc(Br)ccc2F)c1N. The molecule has 1 aromatic heterocycles. The van der Waals surface area contributed by atoms with Crippen LogP contribution in [-0.4, -0.2) is 16.1 Å². The molecule has 0 bridgehead atoms. The van der Waals surface area contributed by atoms with Crippen LogP contribution in [0.1, 0.15) is 16.1 Å². The topological polar surface area (TPSA) is 83.8 Å². The normalized spacial score (nSPS) is 10.4. The number of hydrogen-bond donors (Lipinski definition) is 3. The van der Waals surface area contributed by atoms with Crippen LogP contribution in [0.25, 0.3) is 0 Å². The van der Waals surface area contributed by atoms with Crippen LogP contribution in [0, 0.1) is 12.7 Å². The first kappa shape index (κ1) is 12.6. The van der Waals surface area contributed by atoms with Gasteiger partial charge in [0.2, 0.25) is 0 Å². The summed E-state index contributed by atoms with van der Waals surface area (Å²) in [4.78, 5) is 11.9. The average molecular weight is 313 g/mol. The van der Waals surface area contributed by atoms with E-state index in [9.17, 15) is 9.18 Å². The van der Waals surface area contributed by atoms with E-state index < -0.39 is 11.7 Å². The molecule has 0 aliphatic rings. The standard InChI is InChI=1S/C11H10BrFN4O/c1-5-9(14)10(17-16-5)15-11(18)7-4-6(12)2-3-8(7)13/h2-4H,14H2,1H3,(H2,15,16,17,18). The molecule has 94 valence electrons. The highest BCUT2D eigenvalue weighted by Crippen LogP contribution is 2.21. The van der Waals surface area contributed by atoms with Crippen LogP contribution in [0.3, 0.4) is 0 Å². The van der Waals surface area contributed by atoms with Gasteiger partial charge in [-0.05, 0) is 25.1 Å². The Labute approximate surface area is 111 Å². The number of nitrogens with zero attached hydrogens (tertiary/aromatic N) is 1. The molecule has 0 aliphatic heterocycles. The lowest BCUT2D eigenvalue weighted by molar-refractivity contribution is 0.102. The van der Waals surface area contributed by atoms with Crippen LogP contribution >= 0.6 is 15.9 Å². The molecular formula is C11H10BrFN4O. The van der Waals surface area contributed by atoms with E-state index in [0.717, 1.165) is 0 Å². The van der Waals surface area contributed by atoms with Gasteiger partial charge in [0.15, 0.2) is 5.82 Å². The molecule has 1 aromatic carbocycles. The van der Waals surface area contributed by atoms with E-state index in [1.165, 1.54) is 18.2 Å². The second-order valence-electron chi connectivity index (χ2n) is 3.69. The fourth-order valence-corrected chi connectivity index (χ4v) is 1.74. The highest BCUT2D eigenvalue weighted by molar-refractivity contribution is 9.10. The first-order valence-corrected chi connectivity index (χ1v) is 5.85. The number of nitrogens with two attached hydrogens (primary N) is 1. The number of aryl methyl sites for hydroxylation is 1. The number of nitrogen functional groups attached to an aromatic ring is 1. The Hall–Kier alpha value is -1.89. The number of aromatic nitrogens is 2. The fraction of sp³-hybridized carbons (Fsp3) is 0.0909. The number of nitrogens with one attached hydrogen (secondary N) is 2. The minimum absolute atomic E-state index is 0.0792. The molecule has 4 N–H and O–H groups in total. The molecule has 18 heavy (non-hydrogen) atoms. The fourth-order valence-electron chi connectivity index (χ4n) is 1.38. The molecule has 0 saturated carbocycles. The van der Waals surface area contributed by atoms with Crippen LogP contribution in [0.2, 0.25) is 0 Å². The summed E-state index contributed by atoms with van der Waals surface area (Å²) in [6, 6.07) is 4.11. The van der Waals surface area contributed by atoms with Gasteiger partial charge in [0, 0.05) is 4.47 Å². The van der Waals surface area contributed by atoms with E-state index in [-0.39, 0.29) is 11.4 Å². The molecule has 0 saturated heterocycles. The minimum Gasteiger partial charge on any atom is -0.394 e. The highest BCUT2D eigenvalue weighted by Gasteiger charge is 2.15. The average Bonchev–Trinajstić information content (AvgIpc) is 2.64. The smallest absolute Gasteiger partial charge is 0.259 e. The molecule has 5 nitrogen and oxygen atoms in total. The second kappa shape index (κ2) is 4.77. The van der Waals surface area contributed by atoms with Crippen molar-refractivity contribution in [3.05, 3.63) is 39.7 Å². The van der Waals surface area contributed by atoms with Crippen molar-refractivity contribution in [2.75, 3.05) is 11.1 Å². The molecule has 0 unspecified atom stereocenters. The Balaban J connectivity index is 2.27. The van der Waals surface area contributed by atoms with Gasteiger partial charge in [-0.3, -0.25) is 9.89 Å². The molecular weight excluding hydrogens is 303 g/mol. The lowest BCUT2D eigenvalue weighted by atomic mass is 10.2. The van der Waals surface area contributed by atoms with Crippen molar-refractivity contribution in [1.82, 2.24) is 10.2 Å². The van der Waals surface area contributed by atoms with Crippen molar-refractivity contribution in [1.29, 1.82) is 0 Å². The van der Waals surface area contributed by atoms with Gasteiger partial charge in [0.05, 0.1) is 16.9 Å². The van der Waals surface area contributed by atoms with Gasteiger partial charge >= 0.3 is 0 Å². The summed E-state index contributed by atoms with van der Waals surface area (Å²) in [5.74, 6) is -1.02. The maximum absolute atomic E-state index is 13.5. The van der Waals surface area contributed by atoms with Crippen LogP contribution in [0.5, 0.6) is 0 Å². The van der Waals surface area contributed by atoms with E-state index in [1.807, 2.05) is 0 Å². The predicted octanol–water partition coefficient (Wildman–Crippen LogP) is 2.45. The van der Waals surface area contributed by atoms with Crippen molar-refractivity contribution in [3.63, 3.8) is 0 Å². The van der Waals surface area contributed by atoms with Crippen molar-refractivity contribution in [2.45, 2.75) is 6.92 Å². The lowest BCUT2D eigenvalue weighted by Gasteiger charge is -2.04. The summed E-state index contributed by atoms with van der Waals surface area (Å²) in [5.41, 5.74) is 6.58. The van der Waals surface area contributed by atoms with Gasteiger partial charge < -0.3 is 11.1 Å². The summed E-state index contributed by atoms with van der Waals surface area (Å²) in [6.07, 6.45) is 0. The zero-order valence-corrected chi connectivity index (χ0v) is 11.0. The molecule has 0 atom stereocenters. The first-order valence-electron chi connectivity index (χ1n) is 5.06. The van der Waals surface area contributed by atoms with E-state index in [0.29, 0.717) is 15.9 Å². The van der Waals surface area contributed by atoms with E-state index >= 15 is 0 Å². The largest absolute Gasteiger partial charge is 0.394 e. The molecule has 0 fully saturated rings. The maximum atomic E-state index is 13.5. The molecule has 2 aromatic rings. The van der Waals surface area contributed by atoms with Crippen molar-refractivity contribution < 1.29 is 9.18 Å². The zero-order chi connectivity index (χ0) is 13.3. The van der Waals surface area contributed by atoms with Gasteiger partial charge in [0.25, 0.3) is 5.91 Å². The third-order valence-corrected chi connectivity index (χ3v) is 2.89. The lowest BCUT2D eigenvalue weighted by Crippen LogP contribution is -2.15. The number of anilines is 2. The van der Waals surface area contributed by atoms with Crippen molar-refractivity contribution >= 4 is 33.3 Å². The van der Waals surface area contributed by atoms with Gasteiger partial charge in [-0.15, -0.1) is 0 Å². The molecule has 1 heterocycles. The number of halogens is 2. The summed E-state index contributed by atoms with van der Waals surface area (Å²) in [7, 11) is 0. The minimum atomic E-state index is -0.610. The summed E-state index contributed by atoms with van der Waals surface area (Å²) in [5, 5.41) is 8.89. The molecule has 2 rings (SSSR count). The number of amides is 1. The van der Waals surface area contributed by atoms with E-state index in [4.69, 9.17) is 5.73 Å². The molecule has 0 aliphatic carbocycles. The monoisotopic (exact) mass is 312 g/mol. The number of rotatable bonds is 2. The number of hydrogen-bond acceptors (Lipinski definition) is 3. The van der Waals surface area contributed by atoms with Crippen LogP contribution < -0.4 is 11.1 Å². The quantitative estimate of drug-likeness (QED) is 0.796. The molecule has 0 spiro atoms.